The van der Waals surface area contributed by atoms with Crippen molar-refractivity contribution in [2.75, 3.05) is 0 Å². The normalized spacial score (nSPS) is 17.5. The second kappa shape index (κ2) is 4.63. The number of benzene rings is 1. The molecule has 0 saturated heterocycles. The molecule has 0 nitrogen and oxygen atoms in total. The summed E-state index contributed by atoms with van der Waals surface area (Å²) in [7, 11) is 0. The van der Waals surface area contributed by atoms with Crippen LogP contribution in [0.25, 0.3) is 5.57 Å². The van der Waals surface area contributed by atoms with Gasteiger partial charge in [0.05, 0.1) is 0 Å². The van der Waals surface area contributed by atoms with Crippen LogP contribution in [0.15, 0.2) is 60.2 Å². The van der Waals surface area contributed by atoms with Gasteiger partial charge in [0.25, 0.3) is 0 Å². The summed E-state index contributed by atoms with van der Waals surface area (Å²) in [4.78, 5) is 0. The SMILES string of the molecule is [C+]#C/C(=C1\C=CC=CC1)c1ccccc1. The van der Waals surface area contributed by atoms with Gasteiger partial charge < -0.3 is 0 Å². The fourth-order valence-electron chi connectivity index (χ4n) is 1.64. The minimum atomic E-state index is 0.882. The van der Waals surface area contributed by atoms with Crippen molar-refractivity contribution in [1.29, 1.82) is 0 Å². The van der Waals surface area contributed by atoms with E-state index in [0.717, 1.165) is 23.1 Å². The van der Waals surface area contributed by atoms with Gasteiger partial charge in [-0.05, 0) is 0 Å². The number of rotatable bonds is 1. The molecule has 0 saturated carbocycles. The van der Waals surface area contributed by atoms with Gasteiger partial charge in [-0.2, -0.15) is 0 Å². The van der Waals surface area contributed by atoms with Crippen LogP contribution in [0.3, 0.4) is 0 Å². The van der Waals surface area contributed by atoms with E-state index in [-0.39, 0.29) is 0 Å². The zero-order valence-electron chi connectivity index (χ0n) is 8.40. The number of hydrogen-bond acceptors (Lipinski definition) is 0. The molecule has 0 bridgehead atoms. The first-order chi connectivity index (χ1) is 7.42. The zero-order chi connectivity index (χ0) is 10.5. The van der Waals surface area contributed by atoms with Crippen LogP contribution in [0.2, 0.25) is 0 Å². The number of allylic oxidation sites excluding steroid dienone is 6. The topological polar surface area (TPSA) is 0 Å². The fourth-order valence-corrected chi connectivity index (χ4v) is 1.64. The van der Waals surface area contributed by atoms with E-state index in [2.05, 4.69) is 12.0 Å². The minimum absolute atomic E-state index is 0.882. The zero-order valence-corrected chi connectivity index (χ0v) is 8.40. The maximum atomic E-state index is 7.37. The summed E-state index contributed by atoms with van der Waals surface area (Å²) in [5.74, 6) is 2.53. The van der Waals surface area contributed by atoms with Crippen molar-refractivity contribution < 1.29 is 0 Å². The molecule has 15 heavy (non-hydrogen) atoms. The molecule has 1 aromatic carbocycles. The van der Waals surface area contributed by atoms with E-state index in [1.165, 1.54) is 0 Å². The van der Waals surface area contributed by atoms with Gasteiger partial charge in [-0.25, -0.2) is 0 Å². The molecule has 0 fully saturated rings. The first kappa shape index (κ1) is 9.76. The quantitative estimate of drug-likeness (QED) is 0.470. The van der Waals surface area contributed by atoms with Gasteiger partial charge in [-0.15, -0.1) is 0 Å². The van der Waals surface area contributed by atoms with Gasteiger partial charge >= 0.3 is 90.1 Å². The van der Waals surface area contributed by atoms with Crippen molar-refractivity contribution in [3.05, 3.63) is 72.2 Å². The molecular formula is C15H11+. The third-order valence-electron chi connectivity index (χ3n) is 2.39. The van der Waals surface area contributed by atoms with Crippen molar-refractivity contribution in [3.63, 3.8) is 0 Å². The predicted molar refractivity (Wildman–Crippen MR) is 63.4 cm³/mol. The molecule has 0 atom stereocenters. The molecule has 0 heteroatoms. The Hall–Kier alpha value is -1.78. The monoisotopic (exact) mass is 191 g/mol. The van der Waals surface area contributed by atoms with Crippen LogP contribution >= 0.6 is 0 Å². The van der Waals surface area contributed by atoms with Crippen LogP contribution in [0.1, 0.15) is 12.0 Å². The first-order valence-electron chi connectivity index (χ1n) is 4.96. The molecule has 1 aliphatic carbocycles. The van der Waals surface area contributed by atoms with Crippen LogP contribution < -0.4 is 0 Å². The fraction of sp³-hybridized carbons (Fsp3) is 0.0667. The second-order valence-electron chi connectivity index (χ2n) is 3.38. The van der Waals surface area contributed by atoms with Gasteiger partial charge in [-0.1, -0.05) is 0 Å². The molecule has 1 aromatic rings. The molecule has 0 spiro atoms. The molecule has 0 N–H and O–H groups in total. The molecule has 1 aliphatic rings. The van der Waals surface area contributed by atoms with E-state index in [4.69, 9.17) is 6.42 Å². The van der Waals surface area contributed by atoms with Crippen molar-refractivity contribution in [2.24, 2.45) is 0 Å². The molecular weight excluding hydrogens is 180 g/mol. The Morgan fingerprint density at radius 3 is 2.53 bits per heavy atom. The standard InChI is InChI=1S/C15H11/c1-2-15(13-9-5-3-6-10-13)14-11-7-4-8-12-14/h3-11H,12H2/q+1/b15-14-. The summed E-state index contributed by atoms with van der Waals surface area (Å²) in [5.41, 5.74) is 3.09. The molecule has 0 heterocycles. The van der Waals surface area contributed by atoms with Crippen molar-refractivity contribution in [3.8, 4) is 5.92 Å². The summed E-state index contributed by atoms with van der Waals surface area (Å²) in [6.07, 6.45) is 16.4. The third-order valence-corrected chi connectivity index (χ3v) is 2.39. The average molecular weight is 191 g/mol. The van der Waals surface area contributed by atoms with E-state index < -0.39 is 0 Å². The van der Waals surface area contributed by atoms with Crippen LogP contribution in [0, 0.1) is 12.3 Å². The Morgan fingerprint density at radius 1 is 1.13 bits per heavy atom. The number of hydrogen-bond donors (Lipinski definition) is 0. The molecule has 0 aromatic heterocycles. The van der Waals surface area contributed by atoms with E-state index in [1.54, 1.807) is 0 Å². The predicted octanol–water partition coefficient (Wildman–Crippen LogP) is 3.55. The molecule has 0 amide bonds. The Morgan fingerprint density at radius 2 is 1.93 bits per heavy atom. The second-order valence-corrected chi connectivity index (χ2v) is 3.38. The molecule has 0 unspecified atom stereocenters. The Kier molecular flexibility index (Phi) is 3.02. The summed E-state index contributed by atoms with van der Waals surface area (Å²) in [6.45, 7) is 0. The summed E-state index contributed by atoms with van der Waals surface area (Å²) < 4.78 is 0. The van der Waals surface area contributed by atoms with Gasteiger partial charge in [0, 0.05) is 0 Å². The summed E-state index contributed by atoms with van der Waals surface area (Å²) in [6, 6.07) is 9.96. The van der Waals surface area contributed by atoms with Crippen LogP contribution in [0.4, 0.5) is 0 Å². The van der Waals surface area contributed by atoms with Crippen molar-refractivity contribution in [1.82, 2.24) is 0 Å². The Labute approximate surface area is 90.6 Å². The average Bonchev–Trinajstić information content (AvgIpc) is 2.33. The molecule has 0 radical (unpaired) electrons. The maximum absolute atomic E-state index is 7.37. The molecule has 0 aliphatic heterocycles. The van der Waals surface area contributed by atoms with Gasteiger partial charge in [-0.3, -0.25) is 0 Å². The molecule has 70 valence electrons. The van der Waals surface area contributed by atoms with Crippen molar-refractivity contribution >= 4 is 5.57 Å². The van der Waals surface area contributed by atoms with Crippen LogP contribution in [-0.4, -0.2) is 0 Å². The van der Waals surface area contributed by atoms with Crippen molar-refractivity contribution in [2.45, 2.75) is 6.42 Å². The van der Waals surface area contributed by atoms with E-state index in [1.807, 2.05) is 48.6 Å². The van der Waals surface area contributed by atoms with Crippen LogP contribution in [0.5, 0.6) is 0 Å². The van der Waals surface area contributed by atoms with E-state index in [9.17, 15) is 0 Å². The third kappa shape index (κ3) is 2.18. The van der Waals surface area contributed by atoms with E-state index >= 15 is 0 Å². The first-order valence-corrected chi connectivity index (χ1v) is 4.96. The van der Waals surface area contributed by atoms with Gasteiger partial charge in [0.1, 0.15) is 0 Å². The Balaban J connectivity index is 2.46. The Bertz CT molecular complexity index is 465. The van der Waals surface area contributed by atoms with Crippen LogP contribution in [-0.2, 0) is 0 Å². The van der Waals surface area contributed by atoms with Gasteiger partial charge in [0.2, 0.25) is 0 Å². The summed E-state index contributed by atoms with van der Waals surface area (Å²) >= 11 is 0. The summed E-state index contributed by atoms with van der Waals surface area (Å²) in [5, 5.41) is 0. The van der Waals surface area contributed by atoms with Gasteiger partial charge in [0.15, 0.2) is 0 Å². The molecule has 2 rings (SSSR count). The van der Waals surface area contributed by atoms with E-state index in [0.29, 0.717) is 0 Å².